The van der Waals surface area contributed by atoms with Gasteiger partial charge < -0.3 is 53.0 Å². The minimum atomic E-state index is -2.93. The molecular formula is C26H39F4N15O. The van der Waals surface area contributed by atoms with Crippen molar-refractivity contribution in [2.24, 2.45) is 0 Å². The number of nitrogens with two attached hydrogens (primary N) is 3. The highest BCUT2D eigenvalue weighted by Gasteiger charge is 2.44. The van der Waals surface area contributed by atoms with Crippen molar-refractivity contribution in [2.45, 2.75) is 30.8 Å². The van der Waals surface area contributed by atoms with Gasteiger partial charge in [0.2, 0.25) is 17.8 Å². The maximum atomic E-state index is 13.4. The van der Waals surface area contributed by atoms with E-state index in [1.807, 2.05) is 13.1 Å². The highest BCUT2D eigenvalue weighted by atomic mass is 19.3. The zero-order valence-electron chi connectivity index (χ0n) is 25.7. The van der Waals surface area contributed by atoms with Crippen molar-refractivity contribution in [2.75, 3.05) is 108 Å². The van der Waals surface area contributed by atoms with Gasteiger partial charge in [0.05, 0.1) is 25.7 Å². The number of piperidine rings is 1. The number of hydrogen-bond donors (Lipinski definition) is 7. The number of β-amino-alcohol motifs (C(OH)–C–C–N with tert-alkyl or cyclic N) is 1. The number of aromatic nitrogens is 6. The lowest BCUT2D eigenvalue weighted by molar-refractivity contribution is -0.0531. The first-order valence-corrected chi connectivity index (χ1v) is 14.3. The van der Waals surface area contributed by atoms with Crippen molar-refractivity contribution in [1.29, 1.82) is 0 Å². The molecule has 20 heteroatoms. The summed E-state index contributed by atoms with van der Waals surface area (Å²) < 4.78 is 52.0. The highest BCUT2D eigenvalue weighted by Crippen LogP contribution is 2.32. The van der Waals surface area contributed by atoms with Crippen molar-refractivity contribution in [3.63, 3.8) is 0 Å². The number of hydrogen-bond acceptors (Lipinski definition) is 16. The van der Waals surface area contributed by atoms with Gasteiger partial charge in [0.15, 0.2) is 0 Å². The molecule has 3 fully saturated rings. The molecule has 3 saturated heterocycles. The van der Waals surface area contributed by atoms with E-state index in [-0.39, 0.29) is 37.3 Å². The fourth-order valence-electron chi connectivity index (χ4n) is 4.69. The summed E-state index contributed by atoms with van der Waals surface area (Å²) in [6.07, 6.45) is -0.371. The molecule has 3 aromatic heterocycles. The third-order valence-electron chi connectivity index (χ3n) is 7.02. The summed E-state index contributed by atoms with van der Waals surface area (Å²) in [6, 6.07) is 5.02. The molecule has 16 nitrogen and oxygen atoms in total. The predicted octanol–water partition coefficient (Wildman–Crippen LogP) is 1.17. The summed E-state index contributed by atoms with van der Waals surface area (Å²) in [4.78, 5) is 28.7. The fourth-order valence-corrected chi connectivity index (χ4v) is 4.69. The molecule has 3 aliphatic rings. The van der Waals surface area contributed by atoms with E-state index in [0.29, 0.717) is 23.4 Å². The van der Waals surface area contributed by atoms with E-state index < -0.39 is 30.9 Å². The molecule has 0 spiro atoms. The van der Waals surface area contributed by atoms with Crippen molar-refractivity contribution in [1.82, 2.24) is 29.9 Å². The number of nitrogens with zero attached hydrogens (tertiary/aromatic N) is 9. The number of aliphatic hydroxyl groups excluding tert-OH is 1. The monoisotopic (exact) mass is 653 g/mol. The SMILES string of the molecule is CNc1cc(N2CC(F)(F)C2)nc(N)n1.CNc1cc(N2CCC2)nc(N)n1.CNc1cc(N2C[C@@H](O)CC(F)(F)C2)nc(N)n1. The maximum Gasteiger partial charge on any atom is 0.282 e. The standard InChI is InChI=1S/C10H15F2N5O.C8H11F2N5.C8H13N5/c1-14-7-2-8(16-9(13)15-7)17-4-6(18)3-10(11,12)5-17;1-12-5-2-6(14-7(11)13-5)15-3-8(9,10)4-15;1-10-6-5-7(12-8(9)11-6)13-3-2-4-13/h2,6,18H,3-5H2,1H3,(H3,13,14,15,16);2H,3-4H2,1H3,(H3,11,12,13,14);5H,2-4H2,1H3,(H3,9,10,11,12)/t6-;;/m0../s1. The molecule has 0 aromatic carbocycles. The summed E-state index contributed by atoms with van der Waals surface area (Å²) in [6.45, 7) is 1.14. The Morgan fingerprint density at radius 3 is 1.39 bits per heavy atom. The van der Waals surface area contributed by atoms with Gasteiger partial charge in [-0.3, -0.25) is 0 Å². The molecule has 252 valence electrons. The van der Waals surface area contributed by atoms with Gasteiger partial charge in [-0.1, -0.05) is 0 Å². The molecule has 0 radical (unpaired) electrons. The largest absolute Gasteiger partial charge is 0.391 e. The van der Waals surface area contributed by atoms with Gasteiger partial charge in [0.25, 0.3) is 11.8 Å². The molecule has 6 rings (SSSR count). The molecular weight excluding hydrogens is 614 g/mol. The topological polar surface area (TPSA) is 221 Å². The number of rotatable bonds is 6. The van der Waals surface area contributed by atoms with Crippen molar-refractivity contribution in [3.05, 3.63) is 18.2 Å². The molecule has 0 unspecified atom stereocenters. The second-order valence-electron chi connectivity index (χ2n) is 10.8. The predicted molar refractivity (Wildman–Crippen MR) is 170 cm³/mol. The Balaban J connectivity index is 0.000000159. The molecule has 3 aromatic rings. The average Bonchev–Trinajstić information content (AvgIpc) is 2.93. The minimum Gasteiger partial charge on any atom is -0.391 e. The van der Waals surface area contributed by atoms with Gasteiger partial charge in [0.1, 0.15) is 34.9 Å². The van der Waals surface area contributed by atoms with Crippen LogP contribution in [0.5, 0.6) is 0 Å². The van der Waals surface area contributed by atoms with Crippen LogP contribution < -0.4 is 47.9 Å². The Labute approximate surface area is 262 Å². The minimum absolute atomic E-state index is 0.000213. The summed E-state index contributed by atoms with van der Waals surface area (Å²) in [5.41, 5.74) is 16.5. The number of alkyl halides is 4. The number of anilines is 9. The molecule has 10 N–H and O–H groups in total. The number of nitrogens with one attached hydrogen (secondary N) is 3. The van der Waals surface area contributed by atoms with Crippen LogP contribution in [0.2, 0.25) is 0 Å². The van der Waals surface area contributed by atoms with Crippen LogP contribution in [0.3, 0.4) is 0 Å². The Hall–Kier alpha value is -4.88. The first-order valence-electron chi connectivity index (χ1n) is 14.3. The second kappa shape index (κ2) is 14.0. The van der Waals surface area contributed by atoms with E-state index in [1.54, 1.807) is 20.2 Å². The maximum absolute atomic E-state index is 13.4. The first-order chi connectivity index (χ1) is 21.7. The quantitative estimate of drug-likeness (QED) is 0.186. The van der Waals surface area contributed by atoms with Crippen molar-refractivity contribution < 1.29 is 22.7 Å². The van der Waals surface area contributed by atoms with E-state index in [2.05, 4.69) is 50.8 Å². The summed E-state index contributed by atoms with van der Waals surface area (Å²) >= 11 is 0. The lowest BCUT2D eigenvalue weighted by atomic mass is 10.0. The van der Waals surface area contributed by atoms with Gasteiger partial charge in [-0.2, -0.15) is 29.9 Å². The first kappa shape index (κ1) is 34.0. The fraction of sp³-hybridized carbons (Fsp3) is 0.538. The molecule has 46 heavy (non-hydrogen) atoms. The molecule has 0 amide bonds. The van der Waals surface area contributed by atoms with Crippen LogP contribution in [0.4, 0.5) is 70.3 Å². The van der Waals surface area contributed by atoms with E-state index in [1.165, 1.54) is 22.3 Å². The zero-order chi connectivity index (χ0) is 33.6. The van der Waals surface area contributed by atoms with Crippen LogP contribution in [0.25, 0.3) is 0 Å². The lowest BCUT2D eigenvalue weighted by Crippen LogP contribution is -2.56. The van der Waals surface area contributed by atoms with E-state index >= 15 is 0 Å². The van der Waals surface area contributed by atoms with Crippen molar-refractivity contribution >= 4 is 52.8 Å². The van der Waals surface area contributed by atoms with Crippen molar-refractivity contribution in [3.8, 4) is 0 Å². The Morgan fingerprint density at radius 2 is 1.04 bits per heavy atom. The molecule has 0 bridgehead atoms. The smallest absolute Gasteiger partial charge is 0.282 e. The van der Waals surface area contributed by atoms with Gasteiger partial charge in [-0.15, -0.1) is 0 Å². The van der Waals surface area contributed by atoms with Crippen LogP contribution in [0, 0.1) is 0 Å². The van der Waals surface area contributed by atoms with Crippen LogP contribution in [-0.4, -0.2) is 113 Å². The summed E-state index contributed by atoms with van der Waals surface area (Å²) in [7, 11) is 5.14. The summed E-state index contributed by atoms with van der Waals surface area (Å²) in [5, 5.41) is 18.0. The summed E-state index contributed by atoms with van der Waals surface area (Å²) in [5.74, 6) is -1.77. The molecule has 6 heterocycles. The number of aliphatic hydroxyl groups is 1. The lowest BCUT2D eigenvalue weighted by Gasteiger charge is -2.39. The van der Waals surface area contributed by atoms with Gasteiger partial charge >= 0.3 is 0 Å². The van der Waals surface area contributed by atoms with Gasteiger partial charge in [-0.05, 0) is 6.42 Å². The molecule has 1 atom stereocenters. The molecule has 0 aliphatic carbocycles. The molecule has 3 aliphatic heterocycles. The van der Waals surface area contributed by atoms with E-state index in [9.17, 15) is 22.7 Å². The van der Waals surface area contributed by atoms with Gasteiger partial charge in [0, 0.05) is 65.4 Å². The van der Waals surface area contributed by atoms with Crippen LogP contribution in [0.15, 0.2) is 18.2 Å². The highest BCUT2D eigenvalue weighted by molar-refractivity contribution is 5.55. The zero-order valence-corrected chi connectivity index (χ0v) is 25.7. The molecule has 0 saturated carbocycles. The van der Waals surface area contributed by atoms with Crippen LogP contribution >= 0.6 is 0 Å². The number of nitrogen functional groups attached to an aromatic ring is 3. The normalized spacial score (nSPS) is 19.3. The average molecular weight is 654 g/mol. The van der Waals surface area contributed by atoms with Crippen LogP contribution in [-0.2, 0) is 0 Å². The van der Waals surface area contributed by atoms with E-state index in [0.717, 1.165) is 24.7 Å². The number of halogens is 4. The van der Waals surface area contributed by atoms with Crippen LogP contribution in [0.1, 0.15) is 12.8 Å². The van der Waals surface area contributed by atoms with Gasteiger partial charge in [-0.25, -0.2) is 17.6 Å². The third-order valence-corrected chi connectivity index (χ3v) is 7.02. The Kier molecular flexibility index (Phi) is 10.4. The Bertz CT molecular complexity index is 1470. The third kappa shape index (κ3) is 9.08. The second-order valence-corrected chi connectivity index (χ2v) is 10.8. The van der Waals surface area contributed by atoms with E-state index in [4.69, 9.17) is 17.2 Å². The Morgan fingerprint density at radius 1 is 0.652 bits per heavy atom.